The van der Waals surface area contributed by atoms with Crippen molar-refractivity contribution in [3.8, 4) is 0 Å². The van der Waals surface area contributed by atoms with Crippen molar-refractivity contribution in [3.05, 3.63) is 11.1 Å². The van der Waals surface area contributed by atoms with Gasteiger partial charge in [0.2, 0.25) is 10.9 Å². The summed E-state index contributed by atoms with van der Waals surface area (Å²) in [4.78, 5) is 5.15. The second-order valence-electron chi connectivity index (χ2n) is 2.26. The molecule has 58 valence electrons. The topological polar surface area (TPSA) is 42.2 Å². The number of thiazole rings is 1. The number of nitrogens with zero attached hydrogens (tertiary/aromatic N) is 3. The highest BCUT2D eigenvalue weighted by Gasteiger charge is 2.04. The van der Waals surface area contributed by atoms with Gasteiger partial charge < -0.3 is 5.32 Å². The van der Waals surface area contributed by atoms with Crippen LogP contribution in [0, 0.1) is 6.92 Å². The highest BCUT2D eigenvalue weighted by atomic mass is 32.1. The molecule has 0 saturated heterocycles. The predicted octanol–water partition coefficient (Wildman–Crippen LogP) is 1.14. The van der Waals surface area contributed by atoms with Crippen LogP contribution in [-0.4, -0.2) is 21.6 Å². The molecule has 2 aromatic heterocycles. The number of aryl methyl sites for hydroxylation is 1. The van der Waals surface area contributed by atoms with E-state index >= 15 is 0 Å². The smallest absolute Gasteiger partial charge is 0.243 e. The van der Waals surface area contributed by atoms with E-state index in [-0.39, 0.29) is 0 Å². The molecule has 0 aliphatic carbocycles. The molecule has 0 fully saturated rings. The van der Waals surface area contributed by atoms with E-state index < -0.39 is 0 Å². The molecular weight excluding hydrogens is 160 g/mol. The van der Waals surface area contributed by atoms with Crippen molar-refractivity contribution in [1.29, 1.82) is 0 Å². The Morgan fingerprint density at radius 3 is 3.09 bits per heavy atom. The molecule has 0 unspecified atom stereocenters. The second kappa shape index (κ2) is 2.20. The lowest BCUT2D eigenvalue weighted by Crippen LogP contribution is -1.91. The van der Waals surface area contributed by atoms with Gasteiger partial charge in [-0.1, -0.05) is 0 Å². The van der Waals surface area contributed by atoms with E-state index in [0.29, 0.717) is 5.95 Å². The van der Waals surface area contributed by atoms with Gasteiger partial charge in [-0.25, -0.2) is 4.52 Å². The Bertz CT molecular complexity index is 375. The van der Waals surface area contributed by atoms with Gasteiger partial charge in [-0.2, -0.15) is 4.98 Å². The van der Waals surface area contributed by atoms with Crippen LogP contribution in [0.15, 0.2) is 5.38 Å². The van der Waals surface area contributed by atoms with Crippen molar-refractivity contribution in [2.75, 3.05) is 12.4 Å². The molecule has 0 aliphatic heterocycles. The molecule has 0 saturated carbocycles. The lowest BCUT2D eigenvalue weighted by atomic mass is 10.6. The van der Waals surface area contributed by atoms with Crippen LogP contribution in [0.3, 0.4) is 0 Å². The monoisotopic (exact) mass is 168 g/mol. The van der Waals surface area contributed by atoms with Crippen LogP contribution < -0.4 is 5.32 Å². The number of hydrogen-bond donors (Lipinski definition) is 1. The van der Waals surface area contributed by atoms with Crippen LogP contribution in [0.5, 0.6) is 0 Å². The summed E-state index contributed by atoms with van der Waals surface area (Å²) >= 11 is 1.60. The first-order chi connectivity index (χ1) is 5.31. The lowest BCUT2D eigenvalue weighted by molar-refractivity contribution is 0.934. The van der Waals surface area contributed by atoms with Crippen molar-refractivity contribution in [2.24, 2.45) is 0 Å². The summed E-state index contributed by atoms with van der Waals surface area (Å²) in [5, 5.41) is 9.13. The van der Waals surface area contributed by atoms with Gasteiger partial charge in [-0.3, -0.25) is 0 Å². The van der Waals surface area contributed by atoms with Gasteiger partial charge in [0.1, 0.15) is 0 Å². The number of nitrogens with one attached hydrogen (secondary N) is 1. The third-order valence-electron chi connectivity index (χ3n) is 1.47. The summed E-state index contributed by atoms with van der Waals surface area (Å²) in [5.41, 5.74) is 1.12. The predicted molar refractivity (Wildman–Crippen MR) is 45.1 cm³/mol. The number of hydrogen-bond acceptors (Lipinski definition) is 4. The highest BCUT2D eigenvalue weighted by Crippen LogP contribution is 2.14. The summed E-state index contributed by atoms with van der Waals surface area (Å²) in [5.74, 6) is 0.681. The third-order valence-corrected chi connectivity index (χ3v) is 2.40. The van der Waals surface area contributed by atoms with Gasteiger partial charge in [0, 0.05) is 12.4 Å². The Morgan fingerprint density at radius 1 is 1.64 bits per heavy atom. The van der Waals surface area contributed by atoms with Crippen LogP contribution >= 0.6 is 11.3 Å². The quantitative estimate of drug-likeness (QED) is 0.694. The molecule has 0 amide bonds. The van der Waals surface area contributed by atoms with E-state index in [2.05, 4.69) is 15.4 Å². The summed E-state index contributed by atoms with van der Waals surface area (Å²) in [7, 11) is 1.81. The van der Waals surface area contributed by atoms with Crippen LogP contribution in [0.25, 0.3) is 4.96 Å². The number of fused-ring (bicyclic) bond motifs is 1. The number of aromatic nitrogens is 3. The maximum absolute atomic E-state index is 4.21. The van der Waals surface area contributed by atoms with Gasteiger partial charge in [0.15, 0.2) is 0 Å². The Morgan fingerprint density at radius 2 is 2.45 bits per heavy atom. The highest BCUT2D eigenvalue weighted by molar-refractivity contribution is 7.15. The van der Waals surface area contributed by atoms with Gasteiger partial charge in [-0.15, -0.1) is 16.4 Å². The Labute approximate surface area is 67.9 Å². The standard InChI is InChI=1S/C6H8N4S/c1-4-3-11-6-8-5(7-2)9-10(4)6/h3H,1-2H3,(H,7,9). The van der Waals surface area contributed by atoms with Crippen molar-refractivity contribution in [3.63, 3.8) is 0 Å². The van der Waals surface area contributed by atoms with Gasteiger partial charge >= 0.3 is 0 Å². The van der Waals surface area contributed by atoms with Crippen molar-refractivity contribution < 1.29 is 0 Å². The summed E-state index contributed by atoms with van der Waals surface area (Å²) in [6.07, 6.45) is 0. The molecule has 0 radical (unpaired) electrons. The Hall–Kier alpha value is -1.10. The average molecular weight is 168 g/mol. The zero-order valence-electron chi connectivity index (χ0n) is 6.33. The molecule has 2 rings (SSSR count). The first-order valence-corrected chi connectivity index (χ1v) is 4.18. The van der Waals surface area contributed by atoms with E-state index in [9.17, 15) is 0 Å². The van der Waals surface area contributed by atoms with E-state index in [0.717, 1.165) is 10.7 Å². The molecule has 1 N–H and O–H groups in total. The second-order valence-corrected chi connectivity index (χ2v) is 3.09. The fraction of sp³-hybridized carbons (Fsp3) is 0.333. The van der Waals surface area contributed by atoms with Gasteiger partial charge in [-0.05, 0) is 6.92 Å². The molecule has 0 bridgehead atoms. The lowest BCUT2D eigenvalue weighted by Gasteiger charge is -1.86. The first kappa shape index (κ1) is 6.60. The fourth-order valence-electron chi connectivity index (χ4n) is 0.898. The Kier molecular flexibility index (Phi) is 1.32. The number of anilines is 1. The molecule has 2 aromatic rings. The van der Waals surface area contributed by atoms with E-state index in [4.69, 9.17) is 0 Å². The van der Waals surface area contributed by atoms with Gasteiger partial charge in [0.25, 0.3) is 0 Å². The SMILES string of the molecule is CNc1nc2scc(C)n2n1. The Balaban J connectivity index is 2.70. The number of rotatable bonds is 1. The van der Waals surface area contributed by atoms with E-state index in [1.165, 1.54) is 0 Å². The van der Waals surface area contributed by atoms with Crippen LogP contribution in [0.2, 0.25) is 0 Å². The minimum absolute atomic E-state index is 0.681. The van der Waals surface area contributed by atoms with Crippen LogP contribution in [-0.2, 0) is 0 Å². The van der Waals surface area contributed by atoms with Gasteiger partial charge in [0.05, 0.1) is 5.69 Å². The van der Waals surface area contributed by atoms with Crippen molar-refractivity contribution in [1.82, 2.24) is 14.6 Å². The fourth-order valence-corrected chi connectivity index (χ4v) is 1.70. The molecule has 0 aliphatic rings. The zero-order chi connectivity index (χ0) is 7.84. The zero-order valence-corrected chi connectivity index (χ0v) is 7.14. The largest absolute Gasteiger partial charge is 0.356 e. The molecule has 0 spiro atoms. The van der Waals surface area contributed by atoms with Crippen LogP contribution in [0.4, 0.5) is 5.95 Å². The van der Waals surface area contributed by atoms with Crippen LogP contribution in [0.1, 0.15) is 5.69 Å². The van der Waals surface area contributed by atoms with E-state index in [1.54, 1.807) is 11.3 Å². The first-order valence-electron chi connectivity index (χ1n) is 3.30. The molecule has 4 nitrogen and oxygen atoms in total. The molecule has 0 aromatic carbocycles. The van der Waals surface area contributed by atoms with Crippen molar-refractivity contribution >= 4 is 22.2 Å². The summed E-state index contributed by atoms with van der Waals surface area (Å²) in [6.45, 7) is 2.01. The summed E-state index contributed by atoms with van der Waals surface area (Å²) in [6, 6.07) is 0. The molecule has 2 heterocycles. The maximum Gasteiger partial charge on any atom is 0.243 e. The van der Waals surface area contributed by atoms with E-state index in [1.807, 2.05) is 23.9 Å². The molecule has 0 atom stereocenters. The maximum atomic E-state index is 4.21. The summed E-state index contributed by atoms with van der Waals surface area (Å²) < 4.78 is 1.83. The average Bonchev–Trinajstić information content (AvgIpc) is 2.53. The molecule has 11 heavy (non-hydrogen) atoms. The third kappa shape index (κ3) is 0.883. The minimum atomic E-state index is 0.681. The molecule has 5 heteroatoms. The minimum Gasteiger partial charge on any atom is -0.356 e. The molecular formula is C6H8N4S. The van der Waals surface area contributed by atoms with Crippen molar-refractivity contribution in [2.45, 2.75) is 6.92 Å². The normalized spacial score (nSPS) is 10.7.